The number of aromatic nitrogens is 1. The number of nitro groups is 1. The van der Waals surface area contributed by atoms with Crippen molar-refractivity contribution in [1.82, 2.24) is 10.3 Å². The first kappa shape index (κ1) is 12.9. The molecular weight excluding hydrogens is 230 g/mol. The molecule has 5 nitrogen and oxygen atoms in total. The molecule has 0 aliphatic rings. The minimum atomic E-state index is -0.451. The fourth-order valence-electron chi connectivity index (χ4n) is 1.42. The third kappa shape index (κ3) is 2.68. The molecule has 0 aliphatic carbocycles. The van der Waals surface area contributed by atoms with E-state index in [1.54, 1.807) is 0 Å². The van der Waals surface area contributed by atoms with Gasteiger partial charge in [-0.05, 0) is 14.0 Å². The number of rotatable bonds is 4. The summed E-state index contributed by atoms with van der Waals surface area (Å²) in [6.07, 6.45) is 1.43. The monoisotopic (exact) mass is 243 g/mol. The van der Waals surface area contributed by atoms with Gasteiger partial charge in [-0.15, -0.1) is 0 Å². The van der Waals surface area contributed by atoms with Crippen LogP contribution >= 0.6 is 11.6 Å². The number of nitrogens with zero attached hydrogens (tertiary/aromatic N) is 2. The van der Waals surface area contributed by atoms with Gasteiger partial charge in [0.25, 0.3) is 5.69 Å². The van der Waals surface area contributed by atoms with Crippen molar-refractivity contribution in [2.75, 3.05) is 7.05 Å². The van der Waals surface area contributed by atoms with Gasteiger partial charge in [0.05, 0.1) is 9.95 Å². The zero-order chi connectivity index (χ0) is 12.3. The van der Waals surface area contributed by atoms with Crippen LogP contribution in [-0.4, -0.2) is 23.0 Å². The van der Waals surface area contributed by atoms with E-state index in [4.69, 9.17) is 11.6 Å². The third-order valence-corrected chi connectivity index (χ3v) is 2.90. The van der Waals surface area contributed by atoms with Gasteiger partial charge in [-0.3, -0.25) is 15.1 Å². The molecule has 0 aliphatic heterocycles. The topological polar surface area (TPSA) is 68.1 Å². The number of halogens is 1. The molecule has 0 saturated heterocycles. The van der Waals surface area contributed by atoms with Crippen LogP contribution in [-0.2, 0) is 0 Å². The van der Waals surface area contributed by atoms with Gasteiger partial charge in [-0.25, -0.2) is 0 Å². The van der Waals surface area contributed by atoms with Crippen molar-refractivity contribution in [3.8, 4) is 0 Å². The molecule has 1 aromatic heterocycles. The molecule has 0 spiro atoms. The number of pyridine rings is 1. The maximum Gasteiger partial charge on any atom is 0.292 e. The van der Waals surface area contributed by atoms with E-state index in [0.29, 0.717) is 5.69 Å². The smallest absolute Gasteiger partial charge is 0.292 e. The average molecular weight is 244 g/mol. The second-order valence-corrected chi connectivity index (χ2v) is 4.12. The predicted molar refractivity (Wildman–Crippen MR) is 62.8 cm³/mol. The van der Waals surface area contributed by atoms with E-state index in [1.165, 1.54) is 12.3 Å². The summed E-state index contributed by atoms with van der Waals surface area (Å²) in [4.78, 5) is 14.5. The molecule has 0 amide bonds. The molecule has 88 valence electrons. The van der Waals surface area contributed by atoms with E-state index < -0.39 is 4.92 Å². The van der Waals surface area contributed by atoms with Crippen LogP contribution in [0.5, 0.6) is 0 Å². The van der Waals surface area contributed by atoms with Crippen molar-refractivity contribution in [2.24, 2.45) is 0 Å². The Hall–Kier alpha value is -1.20. The van der Waals surface area contributed by atoms with Gasteiger partial charge in [0.2, 0.25) is 0 Å². The van der Waals surface area contributed by atoms with Gasteiger partial charge in [0, 0.05) is 24.2 Å². The molecule has 2 atom stereocenters. The lowest BCUT2D eigenvalue weighted by atomic mass is 9.98. The van der Waals surface area contributed by atoms with Crippen LogP contribution in [0.1, 0.15) is 25.5 Å². The van der Waals surface area contributed by atoms with Crippen molar-refractivity contribution >= 4 is 17.3 Å². The summed E-state index contributed by atoms with van der Waals surface area (Å²) in [7, 11) is 1.81. The molecule has 1 aromatic rings. The Balaban J connectivity index is 3.17. The van der Waals surface area contributed by atoms with Crippen molar-refractivity contribution in [2.45, 2.75) is 25.8 Å². The number of nitrogens with one attached hydrogen (secondary N) is 1. The Bertz CT molecular complexity index is 398. The van der Waals surface area contributed by atoms with Crippen LogP contribution in [0.2, 0.25) is 5.02 Å². The molecule has 0 aromatic carbocycles. The Morgan fingerprint density at radius 3 is 2.69 bits per heavy atom. The molecule has 1 heterocycles. The molecule has 0 fully saturated rings. The Morgan fingerprint density at radius 2 is 2.19 bits per heavy atom. The van der Waals surface area contributed by atoms with Gasteiger partial charge in [0.15, 0.2) is 0 Å². The highest BCUT2D eigenvalue weighted by molar-refractivity contribution is 6.30. The van der Waals surface area contributed by atoms with E-state index >= 15 is 0 Å². The fourth-order valence-corrected chi connectivity index (χ4v) is 1.58. The Kier molecular flexibility index (Phi) is 4.20. The molecular formula is C10H14ClN3O2. The van der Waals surface area contributed by atoms with Gasteiger partial charge < -0.3 is 5.32 Å². The fraction of sp³-hybridized carbons (Fsp3) is 0.500. The normalized spacial score (nSPS) is 14.5. The molecule has 2 unspecified atom stereocenters. The molecule has 0 radical (unpaired) electrons. The van der Waals surface area contributed by atoms with E-state index in [0.717, 1.165) is 0 Å². The van der Waals surface area contributed by atoms with E-state index in [2.05, 4.69) is 10.3 Å². The van der Waals surface area contributed by atoms with E-state index in [9.17, 15) is 10.1 Å². The van der Waals surface area contributed by atoms with E-state index in [1.807, 2.05) is 20.9 Å². The number of hydrogen-bond acceptors (Lipinski definition) is 4. The predicted octanol–water partition coefficient (Wildman–Crippen LogP) is 2.35. The van der Waals surface area contributed by atoms with Crippen LogP contribution in [0.4, 0.5) is 5.69 Å². The van der Waals surface area contributed by atoms with Crippen LogP contribution < -0.4 is 5.32 Å². The van der Waals surface area contributed by atoms with Gasteiger partial charge in [-0.1, -0.05) is 18.5 Å². The molecule has 1 rings (SSSR count). The molecule has 0 saturated carbocycles. The second-order valence-electron chi connectivity index (χ2n) is 3.68. The van der Waals surface area contributed by atoms with Crippen molar-refractivity contribution < 1.29 is 4.92 Å². The van der Waals surface area contributed by atoms with Crippen LogP contribution in [0.25, 0.3) is 0 Å². The summed E-state index contributed by atoms with van der Waals surface area (Å²) in [6, 6.07) is 1.44. The summed E-state index contributed by atoms with van der Waals surface area (Å²) in [5.41, 5.74) is 0.429. The highest BCUT2D eigenvalue weighted by Gasteiger charge is 2.24. The molecule has 0 bridgehead atoms. The first-order chi connectivity index (χ1) is 7.47. The standard InChI is InChI=1S/C10H14ClN3O2/c1-6(7(2)12-3)10-9(14(15)16)4-8(11)5-13-10/h4-7,12H,1-3H3. The number of hydrogen-bond donors (Lipinski definition) is 1. The minimum absolute atomic E-state index is 0.0258. The summed E-state index contributed by atoms with van der Waals surface area (Å²) in [6.45, 7) is 3.84. The van der Waals surface area contributed by atoms with Gasteiger partial charge in [0.1, 0.15) is 5.69 Å². The summed E-state index contributed by atoms with van der Waals surface area (Å²) >= 11 is 5.70. The lowest BCUT2D eigenvalue weighted by molar-refractivity contribution is -0.386. The van der Waals surface area contributed by atoms with Crippen LogP contribution in [0.15, 0.2) is 12.3 Å². The van der Waals surface area contributed by atoms with Gasteiger partial charge >= 0.3 is 0 Å². The quantitative estimate of drug-likeness (QED) is 0.651. The minimum Gasteiger partial charge on any atom is -0.317 e. The summed E-state index contributed by atoms with van der Waals surface area (Å²) in [5.74, 6) is -0.0531. The Labute approximate surface area is 99.0 Å². The maximum absolute atomic E-state index is 10.9. The SMILES string of the molecule is CNC(C)C(C)c1ncc(Cl)cc1[N+](=O)[O-]. The molecule has 16 heavy (non-hydrogen) atoms. The van der Waals surface area contributed by atoms with Crippen molar-refractivity contribution in [1.29, 1.82) is 0 Å². The Morgan fingerprint density at radius 1 is 1.56 bits per heavy atom. The van der Waals surface area contributed by atoms with Crippen LogP contribution in [0, 0.1) is 10.1 Å². The van der Waals surface area contributed by atoms with Crippen molar-refractivity contribution in [3.63, 3.8) is 0 Å². The van der Waals surface area contributed by atoms with E-state index in [-0.39, 0.29) is 22.7 Å². The molecule has 6 heteroatoms. The average Bonchev–Trinajstić information content (AvgIpc) is 2.26. The zero-order valence-electron chi connectivity index (χ0n) is 9.40. The highest BCUT2D eigenvalue weighted by atomic mass is 35.5. The lowest BCUT2D eigenvalue weighted by Crippen LogP contribution is -2.28. The van der Waals surface area contributed by atoms with Gasteiger partial charge in [-0.2, -0.15) is 0 Å². The molecule has 1 N–H and O–H groups in total. The maximum atomic E-state index is 10.9. The summed E-state index contributed by atoms with van der Waals surface area (Å²) < 4.78 is 0. The summed E-state index contributed by atoms with van der Waals surface area (Å²) in [5, 5.41) is 14.2. The zero-order valence-corrected chi connectivity index (χ0v) is 10.2. The largest absolute Gasteiger partial charge is 0.317 e. The third-order valence-electron chi connectivity index (χ3n) is 2.70. The number of likely N-dealkylation sites (N-methyl/N-ethyl adjacent to an activating group) is 1. The first-order valence-electron chi connectivity index (χ1n) is 4.94. The second kappa shape index (κ2) is 5.23. The van der Waals surface area contributed by atoms with Crippen molar-refractivity contribution in [3.05, 3.63) is 33.1 Å². The lowest BCUT2D eigenvalue weighted by Gasteiger charge is -2.18. The highest BCUT2D eigenvalue weighted by Crippen LogP contribution is 2.28. The van der Waals surface area contributed by atoms with Crippen LogP contribution in [0.3, 0.4) is 0 Å². The first-order valence-corrected chi connectivity index (χ1v) is 5.32.